The van der Waals surface area contributed by atoms with E-state index in [0.29, 0.717) is 6.54 Å². The van der Waals surface area contributed by atoms with Crippen LogP contribution in [0, 0.1) is 11.3 Å². The zero-order chi connectivity index (χ0) is 17.7. The highest BCUT2D eigenvalue weighted by atomic mass is 35.5. The van der Waals surface area contributed by atoms with Gasteiger partial charge in [-0.05, 0) is 25.0 Å². The van der Waals surface area contributed by atoms with Gasteiger partial charge in [-0.25, -0.2) is 0 Å². The van der Waals surface area contributed by atoms with Gasteiger partial charge >= 0.3 is 0 Å². The number of anilines is 1. The number of nitriles is 1. The summed E-state index contributed by atoms with van der Waals surface area (Å²) in [5.74, 6) is -0.0327. The molecule has 1 aromatic carbocycles. The summed E-state index contributed by atoms with van der Waals surface area (Å²) in [6, 6.07) is 10.2. The number of amides is 1. The lowest BCUT2D eigenvalue weighted by molar-refractivity contribution is -0.124. The Morgan fingerprint density at radius 1 is 1.16 bits per heavy atom. The second-order valence-corrected chi connectivity index (χ2v) is 7.42. The number of carbonyl (C=O) groups excluding carboxylic acids is 1. The number of rotatable bonds is 4. The minimum Gasteiger partial charge on any atom is -0.368 e. The van der Waals surface area contributed by atoms with Crippen molar-refractivity contribution >= 4 is 23.2 Å². The molecule has 0 aromatic heterocycles. The summed E-state index contributed by atoms with van der Waals surface area (Å²) in [6.45, 7) is 3.69. The minimum absolute atomic E-state index is 0.0327. The molecular weight excluding hydrogens is 336 g/mol. The Kier molecular flexibility index (Phi) is 5.82. The van der Waals surface area contributed by atoms with Gasteiger partial charge in [0.1, 0.15) is 5.54 Å². The smallest absolute Gasteiger partial charge is 0.235 e. The quantitative estimate of drug-likeness (QED) is 0.897. The predicted octanol–water partition coefficient (Wildman–Crippen LogP) is 2.80. The fourth-order valence-electron chi connectivity index (χ4n) is 3.78. The van der Waals surface area contributed by atoms with Crippen LogP contribution in [0.5, 0.6) is 0 Å². The fraction of sp³-hybridized carbons (Fsp3) is 0.579. The largest absolute Gasteiger partial charge is 0.368 e. The van der Waals surface area contributed by atoms with Gasteiger partial charge < -0.3 is 10.2 Å². The van der Waals surface area contributed by atoms with E-state index in [1.54, 1.807) is 0 Å². The summed E-state index contributed by atoms with van der Waals surface area (Å²) in [4.78, 5) is 16.8. The molecule has 3 rings (SSSR count). The molecule has 0 radical (unpaired) electrons. The van der Waals surface area contributed by atoms with E-state index in [1.165, 1.54) is 0 Å². The molecule has 2 aliphatic rings. The minimum atomic E-state index is -0.644. The molecule has 1 amide bonds. The molecule has 0 atom stereocenters. The molecule has 0 unspecified atom stereocenters. The van der Waals surface area contributed by atoms with Crippen molar-refractivity contribution in [2.24, 2.45) is 0 Å². The third-order valence-corrected chi connectivity index (χ3v) is 5.55. The van der Waals surface area contributed by atoms with Gasteiger partial charge in [0.2, 0.25) is 5.91 Å². The maximum Gasteiger partial charge on any atom is 0.235 e. The van der Waals surface area contributed by atoms with Crippen molar-refractivity contribution in [1.29, 1.82) is 5.26 Å². The summed E-state index contributed by atoms with van der Waals surface area (Å²) in [5, 5.41) is 13.3. The summed E-state index contributed by atoms with van der Waals surface area (Å²) >= 11 is 6.27. The Bertz CT molecular complexity index is 643. The van der Waals surface area contributed by atoms with Crippen molar-refractivity contribution in [3.05, 3.63) is 29.3 Å². The van der Waals surface area contributed by atoms with E-state index < -0.39 is 5.54 Å². The van der Waals surface area contributed by atoms with Crippen LogP contribution >= 0.6 is 11.6 Å². The van der Waals surface area contributed by atoms with Gasteiger partial charge in [0.05, 0.1) is 23.3 Å². The summed E-state index contributed by atoms with van der Waals surface area (Å²) in [7, 11) is 0. The summed E-state index contributed by atoms with van der Waals surface area (Å²) in [5.41, 5.74) is 0.410. The number of nitrogens with one attached hydrogen (secondary N) is 1. The van der Waals surface area contributed by atoms with Crippen molar-refractivity contribution in [2.75, 3.05) is 37.6 Å². The zero-order valence-corrected chi connectivity index (χ0v) is 15.3. The van der Waals surface area contributed by atoms with Crippen LogP contribution in [-0.4, -0.2) is 49.1 Å². The first-order valence-corrected chi connectivity index (χ1v) is 9.44. The van der Waals surface area contributed by atoms with Crippen molar-refractivity contribution in [1.82, 2.24) is 10.2 Å². The van der Waals surface area contributed by atoms with E-state index in [-0.39, 0.29) is 5.91 Å². The van der Waals surface area contributed by atoms with Gasteiger partial charge in [-0.15, -0.1) is 0 Å². The molecule has 134 valence electrons. The molecule has 1 N–H and O–H groups in total. The van der Waals surface area contributed by atoms with Crippen molar-refractivity contribution < 1.29 is 4.79 Å². The Balaban J connectivity index is 1.49. The summed E-state index contributed by atoms with van der Waals surface area (Å²) in [6.07, 6.45) is 4.74. The van der Waals surface area contributed by atoms with Crippen molar-refractivity contribution in [3.8, 4) is 6.07 Å². The number of hydrogen-bond acceptors (Lipinski definition) is 4. The molecule has 2 fully saturated rings. The molecule has 0 spiro atoms. The van der Waals surface area contributed by atoms with Crippen LogP contribution in [-0.2, 0) is 4.79 Å². The lowest BCUT2D eigenvalue weighted by Crippen LogP contribution is -2.54. The van der Waals surface area contributed by atoms with Gasteiger partial charge in [0.25, 0.3) is 0 Å². The highest BCUT2D eigenvalue weighted by molar-refractivity contribution is 6.33. The first kappa shape index (κ1) is 18.0. The van der Waals surface area contributed by atoms with E-state index in [4.69, 9.17) is 11.6 Å². The lowest BCUT2D eigenvalue weighted by atomic mass is 9.83. The van der Waals surface area contributed by atoms with Gasteiger partial charge in [0.15, 0.2) is 0 Å². The van der Waals surface area contributed by atoms with Crippen LogP contribution < -0.4 is 10.2 Å². The number of benzene rings is 1. The standard InChI is InChI=1S/C19H25ClN4O/c20-16-6-2-3-7-17(16)24-12-10-23(11-13-24)14-18(25)22-19(15-21)8-4-1-5-9-19/h2-3,6-7H,1,4-5,8-14H2,(H,22,25). The SMILES string of the molecule is N#CC1(NC(=O)CN2CCN(c3ccccc3Cl)CC2)CCCCC1. The highest BCUT2D eigenvalue weighted by Crippen LogP contribution is 2.28. The highest BCUT2D eigenvalue weighted by Gasteiger charge is 2.34. The molecule has 25 heavy (non-hydrogen) atoms. The van der Waals surface area contributed by atoms with Crippen LogP contribution in [0.1, 0.15) is 32.1 Å². The third kappa shape index (κ3) is 4.45. The Morgan fingerprint density at radius 2 is 1.84 bits per heavy atom. The van der Waals surface area contributed by atoms with Gasteiger partial charge in [-0.2, -0.15) is 5.26 Å². The Morgan fingerprint density at radius 3 is 2.48 bits per heavy atom. The lowest BCUT2D eigenvalue weighted by Gasteiger charge is -2.37. The fourth-order valence-corrected chi connectivity index (χ4v) is 4.04. The molecular formula is C19H25ClN4O. The molecule has 1 saturated carbocycles. The average molecular weight is 361 g/mol. The molecule has 1 aliphatic carbocycles. The molecule has 1 heterocycles. The zero-order valence-electron chi connectivity index (χ0n) is 14.5. The van der Waals surface area contributed by atoms with Gasteiger partial charge in [-0.1, -0.05) is 43.0 Å². The van der Waals surface area contributed by atoms with Gasteiger partial charge in [0, 0.05) is 26.2 Å². The first-order valence-electron chi connectivity index (χ1n) is 9.06. The van der Waals surface area contributed by atoms with E-state index in [2.05, 4.69) is 21.2 Å². The van der Waals surface area contributed by atoms with Crippen LogP contribution in [0.15, 0.2) is 24.3 Å². The Hall–Kier alpha value is -1.77. The normalized spacial score (nSPS) is 20.7. The van der Waals surface area contributed by atoms with Crippen molar-refractivity contribution in [2.45, 2.75) is 37.6 Å². The molecule has 5 nitrogen and oxygen atoms in total. The molecule has 0 bridgehead atoms. The van der Waals surface area contributed by atoms with Crippen LogP contribution in [0.25, 0.3) is 0 Å². The van der Waals surface area contributed by atoms with E-state index >= 15 is 0 Å². The third-order valence-electron chi connectivity index (χ3n) is 5.23. The second-order valence-electron chi connectivity index (χ2n) is 7.02. The Labute approximate surface area is 154 Å². The molecule has 1 aliphatic heterocycles. The number of para-hydroxylation sites is 1. The first-order chi connectivity index (χ1) is 12.1. The van der Waals surface area contributed by atoms with Crippen LogP contribution in [0.4, 0.5) is 5.69 Å². The number of carbonyl (C=O) groups is 1. The monoisotopic (exact) mass is 360 g/mol. The number of nitrogens with zero attached hydrogens (tertiary/aromatic N) is 3. The maximum atomic E-state index is 12.4. The van der Waals surface area contributed by atoms with E-state index in [0.717, 1.165) is 69.0 Å². The number of piperazine rings is 1. The number of hydrogen-bond donors (Lipinski definition) is 1. The maximum absolute atomic E-state index is 12.4. The second kappa shape index (κ2) is 8.07. The average Bonchev–Trinajstić information content (AvgIpc) is 2.63. The molecule has 1 saturated heterocycles. The summed E-state index contributed by atoms with van der Waals surface area (Å²) < 4.78 is 0. The topological polar surface area (TPSA) is 59.4 Å². The molecule has 1 aromatic rings. The van der Waals surface area contributed by atoms with E-state index in [9.17, 15) is 10.1 Å². The molecule has 6 heteroatoms. The van der Waals surface area contributed by atoms with Crippen molar-refractivity contribution in [3.63, 3.8) is 0 Å². The predicted molar refractivity (Wildman–Crippen MR) is 99.7 cm³/mol. The van der Waals surface area contributed by atoms with Crippen LogP contribution in [0.2, 0.25) is 5.02 Å². The number of halogens is 1. The van der Waals surface area contributed by atoms with Gasteiger partial charge in [-0.3, -0.25) is 9.69 Å². The van der Waals surface area contributed by atoms with Crippen LogP contribution in [0.3, 0.4) is 0 Å². The van der Waals surface area contributed by atoms with E-state index in [1.807, 2.05) is 24.3 Å².